The molecule has 1 rings (SSSR count). The smallest absolute Gasteiger partial charge is 0.237 e. The molecule has 0 aromatic heterocycles. The van der Waals surface area contributed by atoms with Crippen LogP contribution in [0.3, 0.4) is 0 Å². The van der Waals surface area contributed by atoms with Gasteiger partial charge in [-0.1, -0.05) is 26.0 Å². The number of rotatable bonds is 5. The molecule has 0 saturated heterocycles. The minimum atomic E-state index is -0.482. The number of amides is 1. The number of hydrogen-bond donors (Lipinski definition) is 3. The normalized spacial score (nSPS) is 14.3. The van der Waals surface area contributed by atoms with E-state index in [2.05, 4.69) is 5.32 Å². The van der Waals surface area contributed by atoms with Crippen molar-refractivity contribution in [3.05, 3.63) is 29.8 Å². The molecule has 0 aliphatic heterocycles. The maximum atomic E-state index is 11.8. The fourth-order valence-electron chi connectivity index (χ4n) is 1.81. The zero-order chi connectivity index (χ0) is 13.7. The van der Waals surface area contributed by atoms with E-state index in [9.17, 15) is 9.90 Å². The Bertz CT molecular complexity index is 405. The van der Waals surface area contributed by atoms with Crippen molar-refractivity contribution < 1.29 is 9.90 Å². The zero-order valence-electron chi connectivity index (χ0n) is 11.2. The lowest BCUT2D eigenvalue weighted by molar-refractivity contribution is -0.123. The SMILES string of the molecule is CC(C)CC(N)C(=O)NC(C)c1cccc(O)c1. The second-order valence-corrected chi connectivity index (χ2v) is 5.06. The summed E-state index contributed by atoms with van der Waals surface area (Å²) in [5.41, 5.74) is 6.67. The summed E-state index contributed by atoms with van der Waals surface area (Å²) < 4.78 is 0. The second-order valence-electron chi connectivity index (χ2n) is 5.06. The predicted octanol–water partition coefficient (Wildman–Crippen LogP) is 1.94. The Morgan fingerprint density at radius 3 is 2.61 bits per heavy atom. The lowest BCUT2D eigenvalue weighted by Gasteiger charge is -2.19. The van der Waals surface area contributed by atoms with E-state index in [1.54, 1.807) is 18.2 Å². The van der Waals surface area contributed by atoms with Crippen LogP contribution in [-0.2, 0) is 4.79 Å². The quantitative estimate of drug-likeness (QED) is 0.747. The average molecular weight is 250 g/mol. The summed E-state index contributed by atoms with van der Waals surface area (Å²) in [4.78, 5) is 11.8. The maximum Gasteiger partial charge on any atom is 0.237 e. The summed E-state index contributed by atoms with van der Waals surface area (Å²) in [7, 11) is 0. The van der Waals surface area contributed by atoms with Gasteiger partial charge in [-0.05, 0) is 37.0 Å². The monoisotopic (exact) mass is 250 g/mol. The number of hydrogen-bond acceptors (Lipinski definition) is 3. The Labute approximate surface area is 108 Å². The molecule has 100 valence electrons. The Hall–Kier alpha value is -1.55. The molecule has 18 heavy (non-hydrogen) atoms. The number of phenolic OH excluding ortho intramolecular Hbond substituents is 1. The highest BCUT2D eigenvalue weighted by molar-refractivity contribution is 5.81. The molecule has 2 atom stereocenters. The van der Waals surface area contributed by atoms with Gasteiger partial charge < -0.3 is 16.2 Å². The van der Waals surface area contributed by atoms with Crippen molar-refractivity contribution >= 4 is 5.91 Å². The van der Waals surface area contributed by atoms with Gasteiger partial charge >= 0.3 is 0 Å². The molecular weight excluding hydrogens is 228 g/mol. The number of carbonyl (C=O) groups excluding carboxylic acids is 1. The van der Waals surface area contributed by atoms with E-state index in [0.29, 0.717) is 12.3 Å². The van der Waals surface area contributed by atoms with Gasteiger partial charge in [0.05, 0.1) is 12.1 Å². The Morgan fingerprint density at radius 1 is 1.39 bits per heavy atom. The number of phenols is 1. The van der Waals surface area contributed by atoms with Crippen LogP contribution in [0.5, 0.6) is 5.75 Å². The summed E-state index contributed by atoms with van der Waals surface area (Å²) in [5, 5.41) is 12.2. The summed E-state index contributed by atoms with van der Waals surface area (Å²) in [6.07, 6.45) is 0.665. The first-order valence-corrected chi connectivity index (χ1v) is 6.25. The van der Waals surface area contributed by atoms with Crippen LogP contribution in [0.15, 0.2) is 24.3 Å². The third kappa shape index (κ3) is 4.37. The van der Waals surface area contributed by atoms with E-state index in [0.717, 1.165) is 5.56 Å². The fraction of sp³-hybridized carbons (Fsp3) is 0.500. The van der Waals surface area contributed by atoms with Crippen LogP contribution >= 0.6 is 0 Å². The first kappa shape index (κ1) is 14.5. The summed E-state index contributed by atoms with van der Waals surface area (Å²) in [6.45, 7) is 5.94. The maximum absolute atomic E-state index is 11.8. The van der Waals surface area contributed by atoms with Gasteiger partial charge in [-0.25, -0.2) is 0 Å². The minimum Gasteiger partial charge on any atom is -0.508 e. The lowest BCUT2D eigenvalue weighted by atomic mass is 10.0. The van der Waals surface area contributed by atoms with Crippen LogP contribution in [0.4, 0.5) is 0 Å². The molecule has 4 nitrogen and oxygen atoms in total. The van der Waals surface area contributed by atoms with Crippen molar-refractivity contribution in [1.29, 1.82) is 0 Å². The van der Waals surface area contributed by atoms with Gasteiger partial charge in [0.15, 0.2) is 0 Å². The second kappa shape index (κ2) is 6.40. The molecule has 1 aromatic rings. The zero-order valence-corrected chi connectivity index (χ0v) is 11.2. The van der Waals surface area contributed by atoms with E-state index in [-0.39, 0.29) is 17.7 Å². The van der Waals surface area contributed by atoms with Crippen LogP contribution in [0.2, 0.25) is 0 Å². The van der Waals surface area contributed by atoms with E-state index >= 15 is 0 Å². The van der Waals surface area contributed by atoms with Crippen molar-refractivity contribution in [2.24, 2.45) is 11.7 Å². The summed E-state index contributed by atoms with van der Waals surface area (Å²) >= 11 is 0. The van der Waals surface area contributed by atoms with Crippen molar-refractivity contribution in [2.45, 2.75) is 39.3 Å². The van der Waals surface area contributed by atoms with E-state index in [1.165, 1.54) is 0 Å². The van der Waals surface area contributed by atoms with E-state index in [4.69, 9.17) is 5.73 Å². The van der Waals surface area contributed by atoms with E-state index in [1.807, 2.05) is 26.8 Å². The van der Waals surface area contributed by atoms with Gasteiger partial charge in [0.25, 0.3) is 0 Å². The van der Waals surface area contributed by atoms with Gasteiger partial charge in [0, 0.05) is 0 Å². The lowest BCUT2D eigenvalue weighted by Crippen LogP contribution is -2.42. The Balaban J connectivity index is 2.59. The number of benzene rings is 1. The van der Waals surface area contributed by atoms with Crippen LogP contribution in [-0.4, -0.2) is 17.1 Å². The van der Waals surface area contributed by atoms with Gasteiger partial charge in [0.2, 0.25) is 5.91 Å². The molecular formula is C14H22N2O2. The number of aromatic hydroxyl groups is 1. The van der Waals surface area contributed by atoms with Gasteiger partial charge in [0.1, 0.15) is 5.75 Å². The van der Waals surface area contributed by atoms with Crippen LogP contribution in [0.1, 0.15) is 38.8 Å². The van der Waals surface area contributed by atoms with Gasteiger partial charge in [-0.2, -0.15) is 0 Å². The Kier molecular flexibility index (Phi) is 5.16. The molecule has 0 spiro atoms. The fourth-order valence-corrected chi connectivity index (χ4v) is 1.81. The number of nitrogens with two attached hydrogens (primary N) is 1. The highest BCUT2D eigenvalue weighted by Gasteiger charge is 2.17. The van der Waals surface area contributed by atoms with Crippen molar-refractivity contribution in [2.75, 3.05) is 0 Å². The first-order chi connectivity index (χ1) is 8.40. The molecule has 0 saturated carbocycles. The van der Waals surface area contributed by atoms with Crippen molar-refractivity contribution in [3.63, 3.8) is 0 Å². The van der Waals surface area contributed by atoms with E-state index < -0.39 is 6.04 Å². The highest BCUT2D eigenvalue weighted by Crippen LogP contribution is 2.18. The number of carbonyl (C=O) groups is 1. The van der Waals surface area contributed by atoms with Crippen LogP contribution < -0.4 is 11.1 Å². The minimum absolute atomic E-state index is 0.153. The third-order valence-electron chi connectivity index (χ3n) is 2.79. The summed E-state index contributed by atoms with van der Waals surface area (Å²) in [6, 6.07) is 6.20. The molecule has 2 unspecified atom stereocenters. The van der Waals surface area contributed by atoms with Gasteiger partial charge in [-0.15, -0.1) is 0 Å². The molecule has 1 amide bonds. The Morgan fingerprint density at radius 2 is 2.06 bits per heavy atom. The molecule has 0 aliphatic carbocycles. The van der Waals surface area contributed by atoms with Crippen LogP contribution in [0.25, 0.3) is 0 Å². The van der Waals surface area contributed by atoms with Crippen LogP contribution in [0, 0.1) is 5.92 Å². The predicted molar refractivity (Wildman–Crippen MR) is 72.1 cm³/mol. The largest absolute Gasteiger partial charge is 0.508 e. The number of nitrogens with one attached hydrogen (secondary N) is 1. The topological polar surface area (TPSA) is 75.4 Å². The first-order valence-electron chi connectivity index (χ1n) is 6.25. The molecule has 0 fully saturated rings. The molecule has 0 aliphatic rings. The van der Waals surface area contributed by atoms with Crippen molar-refractivity contribution in [1.82, 2.24) is 5.32 Å². The third-order valence-corrected chi connectivity index (χ3v) is 2.79. The molecule has 4 N–H and O–H groups in total. The molecule has 0 heterocycles. The standard InChI is InChI=1S/C14H22N2O2/c1-9(2)7-13(15)14(18)16-10(3)11-5-4-6-12(17)8-11/h4-6,8-10,13,17H,7,15H2,1-3H3,(H,16,18). The molecule has 0 radical (unpaired) electrons. The van der Waals surface area contributed by atoms with Gasteiger partial charge in [-0.3, -0.25) is 4.79 Å². The molecule has 4 heteroatoms. The average Bonchev–Trinajstić information content (AvgIpc) is 2.27. The highest BCUT2D eigenvalue weighted by atomic mass is 16.3. The molecule has 1 aromatic carbocycles. The van der Waals surface area contributed by atoms with Crippen molar-refractivity contribution in [3.8, 4) is 5.75 Å². The summed E-state index contributed by atoms with van der Waals surface area (Å²) in [5.74, 6) is 0.432. The molecule has 0 bridgehead atoms.